The van der Waals surface area contributed by atoms with E-state index in [0.29, 0.717) is 16.7 Å². The molecule has 2 unspecified atom stereocenters. The standard InChI is InChI=1S/C11H18NO/c1-10(2)9-4-5-11(10,3)7-12(6-9)8-13/h9H,4-7H2,1-3H3. The molecule has 13 heavy (non-hydrogen) atoms. The summed E-state index contributed by atoms with van der Waals surface area (Å²) in [5, 5.41) is 0. The minimum absolute atomic E-state index is 0.327. The number of nitrogens with zero attached hydrogens (tertiary/aromatic N) is 1. The summed E-state index contributed by atoms with van der Waals surface area (Å²) < 4.78 is 0. The Labute approximate surface area is 80.3 Å². The second kappa shape index (κ2) is 2.49. The maximum absolute atomic E-state index is 10.6. The lowest BCUT2D eigenvalue weighted by atomic mass is 9.63. The van der Waals surface area contributed by atoms with Gasteiger partial charge in [0.1, 0.15) is 0 Å². The Balaban J connectivity index is 2.29. The first kappa shape index (κ1) is 9.04. The molecule has 73 valence electrons. The van der Waals surface area contributed by atoms with Crippen molar-refractivity contribution in [1.29, 1.82) is 0 Å². The summed E-state index contributed by atoms with van der Waals surface area (Å²) in [7, 11) is 0. The zero-order chi connectivity index (χ0) is 9.69. The first-order valence-corrected chi connectivity index (χ1v) is 5.12. The summed E-state index contributed by atoms with van der Waals surface area (Å²) in [5.74, 6) is 0.688. The summed E-state index contributed by atoms with van der Waals surface area (Å²) in [6, 6.07) is 0. The van der Waals surface area contributed by atoms with E-state index in [1.54, 1.807) is 0 Å². The van der Waals surface area contributed by atoms with Crippen LogP contribution in [0.1, 0.15) is 33.6 Å². The van der Waals surface area contributed by atoms with Crippen molar-refractivity contribution in [2.24, 2.45) is 16.7 Å². The van der Waals surface area contributed by atoms with Crippen molar-refractivity contribution in [2.75, 3.05) is 13.1 Å². The molecule has 0 aromatic rings. The average Bonchev–Trinajstić information content (AvgIpc) is 2.27. The number of hydrogen-bond donors (Lipinski definition) is 0. The minimum Gasteiger partial charge on any atom is -0.334 e. The van der Waals surface area contributed by atoms with Crippen LogP contribution in [0.2, 0.25) is 0 Å². The van der Waals surface area contributed by atoms with Gasteiger partial charge in [-0.25, -0.2) is 0 Å². The topological polar surface area (TPSA) is 20.3 Å². The molecule has 0 N–H and O–H groups in total. The van der Waals surface area contributed by atoms with Gasteiger partial charge in [0.05, 0.1) is 0 Å². The second-order valence-corrected chi connectivity index (χ2v) is 5.49. The van der Waals surface area contributed by atoms with Gasteiger partial charge in [-0.3, -0.25) is 4.79 Å². The fourth-order valence-electron chi connectivity index (χ4n) is 3.09. The van der Waals surface area contributed by atoms with E-state index in [9.17, 15) is 4.79 Å². The van der Waals surface area contributed by atoms with E-state index in [-0.39, 0.29) is 0 Å². The van der Waals surface area contributed by atoms with Gasteiger partial charge in [0.15, 0.2) is 0 Å². The monoisotopic (exact) mass is 180 g/mol. The molecular weight excluding hydrogens is 162 g/mol. The molecule has 1 amide bonds. The van der Waals surface area contributed by atoms with Crippen molar-refractivity contribution >= 4 is 6.41 Å². The SMILES string of the molecule is CC12CCC(CN([C]=O)C1)C2(C)C. The quantitative estimate of drug-likeness (QED) is 0.602. The normalized spacial score (nSPS) is 42.1. The fraction of sp³-hybridized carbons (Fsp3) is 0.909. The van der Waals surface area contributed by atoms with E-state index in [4.69, 9.17) is 0 Å². The molecule has 2 nitrogen and oxygen atoms in total. The van der Waals surface area contributed by atoms with Crippen LogP contribution >= 0.6 is 0 Å². The number of piperidine rings is 1. The molecule has 0 aromatic carbocycles. The van der Waals surface area contributed by atoms with Crippen LogP contribution in [0.3, 0.4) is 0 Å². The van der Waals surface area contributed by atoms with Crippen LogP contribution in [0.25, 0.3) is 0 Å². The number of carbonyl (C=O) groups excluding carboxylic acids is 1. The maximum Gasteiger partial charge on any atom is 0.312 e. The maximum atomic E-state index is 10.6. The van der Waals surface area contributed by atoms with E-state index in [1.807, 2.05) is 4.90 Å². The molecule has 2 atom stereocenters. The molecule has 1 aliphatic heterocycles. The summed E-state index contributed by atoms with van der Waals surface area (Å²) >= 11 is 0. The van der Waals surface area contributed by atoms with Crippen LogP contribution in [-0.2, 0) is 4.79 Å². The summed E-state index contributed by atoms with van der Waals surface area (Å²) in [4.78, 5) is 12.5. The van der Waals surface area contributed by atoms with Gasteiger partial charge in [0, 0.05) is 13.1 Å². The van der Waals surface area contributed by atoms with Gasteiger partial charge in [-0.15, -0.1) is 0 Å². The van der Waals surface area contributed by atoms with Crippen molar-refractivity contribution < 1.29 is 4.79 Å². The Hall–Kier alpha value is -0.530. The van der Waals surface area contributed by atoms with Crippen LogP contribution < -0.4 is 0 Å². The van der Waals surface area contributed by atoms with Gasteiger partial charge < -0.3 is 4.90 Å². The Morgan fingerprint density at radius 2 is 2.08 bits per heavy atom. The molecular formula is C11H18NO. The molecule has 0 aromatic heterocycles. The molecule has 2 fully saturated rings. The molecule has 1 radical (unpaired) electrons. The van der Waals surface area contributed by atoms with Gasteiger partial charge in [0.25, 0.3) is 0 Å². The number of fused-ring (bicyclic) bond motifs is 2. The Bertz CT molecular complexity index is 236. The van der Waals surface area contributed by atoms with Crippen molar-refractivity contribution in [3.63, 3.8) is 0 Å². The van der Waals surface area contributed by atoms with E-state index >= 15 is 0 Å². The van der Waals surface area contributed by atoms with Gasteiger partial charge >= 0.3 is 6.41 Å². The zero-order valence-electron chi connectivity index (χ0n) is 8.76. The molecule has 1 heterocycles. The second-order valence-electron chi connectivity index (χ2n) is 5.49. The highest BCUT2D eigenvalue weighted by Crippen LogP contribution is 2.58. The lowest BCUT2D eigenvalue weighted by Crippen LogP contribution is -2.51. The van der Waals surface area contributed by atoms with Crippen LogP contribution in [-0.4, -0.2) is 24.4 Å². The van der Waals surface area contributed by atoms with E-state index in [0.717, 1.165) is 13.1 Å². The molecule has 2 bridgehead atoms. The van der Waals surface area contributed by atoms with Crippen molar-refractivity contribution in [3.05, 3.63) is 0 Å². The van der Waals surface area contributed by atoms with Crippen LogP contribution in [0.4, 0.5) is 0 Å². The number of likely N-dealkylation sites (tertiary alicyclic amines) is 1. The van der Waals surface area contributed by atoms with E-state index in [2.05, 4.69) is 27.2 Å². The first-order valence-electron chi connectivity index (χ1n) is 5.12. The minimum atomic E-state index is 0.327. The van der Waals surface area contributed by atoms with Gasteiger partial charge in [-0.2, -0.15) is 0 Å². The largest absolute Gasteiger partial charge is 0.334 e. The zero-order valence-corrected chi connectivity index (χ0v) is 8.76. The van der Waals surface area contributed by atoms with Crippen LogP contribution in [0.15, 0.2) is 0 Å². The van der Waals surface area contributed by atoms with Crippen molar-refractivity contribution in [2.45, 2.75) is 33.6 Å². The molecule has 2 rings (SSSR count). The predicted octanol–water partition coefficient (Wildman–Crippen LogP) is 1.81. The number of rotatable bonds is 1. The molecule has 2 aliphatic rings. The summed E-state index contributed by atoms with van der Waals surface area (Å²) in [6.45, 7) is 8.85. The third-order valence-electron chi connectivity index (χ3n) is 4.73. The Kier molecular flexibility index (Phi) is 1.73. The van der Waals surface area contributed by atoms with Crippen LogP contribution in [0.5, 0.6) is 0 Å². The van der Waals surface area contributed by atoms with Gasteiger partial charge in [-0.05, 0) is 29.6 Å². The third-order valence-corrected chi connectivity index (χ3v) is 4.73. The van der Waals surface area contributed by atoms with Gasteiger partial charge in [0.2, 0.25) is 0 Å². The number of hydrogen-bond acceptors (Lipinski definition) is 1. The van der Waals surface area contributed by atoms with Crippen molar-refractivity contribution in [1.82, 2.24) is 4.90 Å². The first-order chi connectivity index (χ1) is 5.99. The molecule has 1 saturated carbocycles. The van der Waals surface area contributed by atoms with Gasteiger partial charge in [-0.1, -0.05) is 20.8 Å². The van der Waals surface area contributed by atoms with E-state index < -0.39 is 0 Å². The Morgan fingerprint density at radius 3 is 2.62 bits per heavy atom. The third kappa shape index (κ3) is 1.04. The Morgan fingerprint density at radius 1 is 1.38 bits per heavy atom. The highest BCUT2D eigenvalue weighted by Gasteiger charge is 2.55. The average molecular weight is 180 g/mol. The number of amides is 1. The van der Waals surface area contributed by atoms with E-state index in [1.165, 1.54) is 12.8 Å². The molecule has 1 saturated heterocycles. The molecule has 0 spiro atoms. The molecule has 2 heteroatoms. The highest BCUT2D eigenvalue weighted by molar-refractivity contribution is 5.49. The predicted molar refractivity (Wildman–Crippen MR) is 51.9 cm³/mol. The summed E-state index contributed by atoms with van der Waals surface area (Å²) in [5.41, 5.74) is 0.730. The van der Waals surface area contributed by atoms with Crippen LogP contribution in [0, 0.1) is 16.7 Å². The lowest BCUT2D eigenvalue weighted by molar-refractivity contribution is 0.0103. The molecule has 1 aliphatic carbocycles. The smallest absolute Gasteiger partial charge is 0.312 e. The highest BCUT2D eigenvalue weighted by atomic mass is 16.1. The lowest BCUT2D eigenvalue weighted by Gasteiger charge is -2.49. The summed E-state index contributed by atoms with van der Waals surface area (Å²) in [6.07, 6.45) is 4.60. The fourth-order valence-corrected chi connectivity index (χ4v) is 3.09. The van der Waals surface area contributed by atoms with Crippen molar-refractivity contribution in [3.8, 4) is 0 Å².